The molecule has 7 rings (SSSR count). The van der Waals surface area contributed by atoms with Crippen molar-refractivity contribution >= 4 is 42.8 Å². The van der Waals surface area contributed by atoms with E-state index in [0.29, 0.717) is 24.1 Å². The molecule has 0 saturated carbocycles. The van der Waals surface area contributed by atoms with Gasteiger partial charge in [-0.15, -0.1) is 0 Å². The lowest BCUT2D eigenvalue weighted by Crippen LogP contribution is -2.19. The van der Waals surface area contributed by atoms with Crippen LogP contribution in [0.3, 0.4) is 0 Å². The highest BCUT2D eigenvalue weighted by Crippen LogP contribution is 2.45. The van der Waals surface area contributed by atoms with E-state index in [9.17, 15) is 30.4 Å². The second kappa shape index (κ2) is 11.5. The number of alkyl halides is 5. The van der Waals surface area contributed by atoms with Crippen molar-refractivity contribution in [1.82, 2.24) is 34.1 Å². The molecule has 2 aromatic carbocycles. The van der Waals surface area contributed by atoms with Crippen LogP contribution in [-0.4, -0.2) is 55.4 Å². The van der Waals surface area contributed by atoms with Crippen molar-refractivity contribution in [2.24, 2.45) is 7.05 Å². The van der Waals surface area contributed by atoms with Crippen LogP contribution in [0.25, 0.3) is 38.7 Å². The zero-order valence-corrected chi connectivity index (χ0v) is 26.6. The standard InChI is InChI=1S/C31H28F5N7O4S/c1-16-13-19-18(14-37-42(19)20-11-7-8-12-46-20)25(23(16)31(34,35)36)43-29-21(24(40-43)26(32)33)22-27(41(29)2)38-30(48(3,44)45)39-28(22)47-15-17-9-5-4-6-10-17/h4-6,9-10,13-14,20,26H,7-8,11-12,15H2,1-3H3. The maximum atomic E-state index is 14.9. The summed E-state index contributed by atoms with van der Waals surface area (Å²) in [4.78, 5) is 8.25. The van der Waals surface area contributed by atoms with Crippen molar-refractivity contribution < 1.29 is 39.8 Å². The molecule has 0 bridgehead atoms. The minimum absolute atomic E-state index is 0.000955. The summed E-state index contributed by atoms with van der Waals surface area (Å²) < 4.78 is 115. The Morgan fingerprint density at radius 1 is 1.10 bits per heavy atom. The van der Waals surface area contributed by atoms with Crippen molar-refractivity contribution in [2.45, 2.75) is 56.8 Å². The van der Waals surface area contributed by atoms with Gasteiger partial charge in [0, 0.05) is 25.3 Å². The second-order valence-corrected chi connectivity index (χ2v) is 13.6. The number of halogens is 5. The van der Waals surface area contributed by atoms with Crippen LogP contribution in [0.15, 0.2) is 47.8 Å². The fourth-order valence-electron chi connectivity index (χ4n) is 6.27. The molecule has 1 fully saturated rings. The van der Waals surface area contributed by atoms with Crippen molar-refractivity contribution in [1.29, 1.82) is 0 Å². The number of benzene rings is 2. The Bertz CT molecular complexity index is 2310. The van der Waals surface area contributed by atoms with Crippen LogP contribution < -0.4 is 4.74 Å². The van der Waals surface area contributed by atoms with Crippen molar-refractivity contribution in [3.8, 4) is 11.6 Å². The van der Waals surface area contributed by atoms with E-state index in [1.54, 1.807) is 30.3 Å². The first-order valence-electron chi connectivity index (χ1n) is 14.9. The van der Waals surface area contributed by atoms with E-state index < -0.39 is 50.8 Å². The molecule has 1 unspecified atom stereocenters. The van der Waals surface area contributed by atoms with Gasteiger partial charge in [0.1, 0.15) is 17.9 Å². The van der Waals surface area contributed by atoms with E-state index in [2.05, 4.69) is 20.2 Å². The van der Waals surface area contributed by atoms with E-state index in [1.165, 1.54) is 35.5 Å². The molecule has 48 heavy (non-hydrogen) atoms. The molecule has 17 heteroatoms. The topological polar surface area (TPSA) is 119 Å². The molecule has 0 aliphatic carbocycles. The molecule has 0 radical (unpaired) electrons. The molecule has 1 atom stereocenters. The van der Waals surface area contributed by atoms with E-state index in [0.717, 1.165) is 23.8 Å². The third kappa shape index (κ3) is 5.24. The Balaban J connectivity index is 1.57. The number of rotatable bonds is 7. The first-order valence-corrected chi connectivity index (χ1v) is 16.8. The highest BCUT2D eigenvalue weighted by Gasteiger charge is 2.40. The van der Waals surface area contributed by atoms with Crippen LogP contribution >= 0.6 is 0 Å². The van der Waals surface area contributed by atoms with Gasteiger partial charge in [-0.3, -0.25) is 0 Å². The van der Waals surface area contributed by atoms with Gasteiger partial charge in [0.2, 0.25) is 15.7 Å². The first kappa shape index (κ1) is 31.9. The lowest BCUT2D eigenvalue weighted by Gasteiger charge is -2.24. The largest absolute Gasteiger partial charge is 0.472 e. The quantitative estimate of drug-likeness (QED) is 0.136. The molecule has 252 valence electrons. The first-order chi connectivity index (χ1) is 22.8. The van der Waals surface area contributed by atoms with Crippen molar-refractivity contribution in [2.75, 3.05) is 12.9 Å². The van der Waals surface area contributed by atoms with Gasteiger partial charge in [-0.1, -0.05) is 30.3 Å². The summed E-state index contributed by atoms with van der Waals surface area (Å²) in [6, 6.07) is 10.1. The molecule has 0 spiro atoms. The van der Waals surface area contributed by atoms with E-state index in [-0.39, 0.29) is 45.5 Å². The number of sulfone groups is 1. The molecule has 1 saturated heterocycles. The Labute approximate surface area is 269 Å². The second-order valence-electron chi connectivity index (χ2n) is 11.7. The lowest BCUT2D eigenvalue weighted by atomic mass is 10.0. The fraction of sp³-hybridized carbons (Fsp3) is 0.355. The molecule has 1 aliphatic rings. The highest BCUT2D eigenvalue weighted by molar-refractivity contribution is 7.90. The average molecular weight is 690 g/mol. The minimum atomic E-state index is -4.93. The highest BCUT2D eigenvalue weighted by atomic mass is 32.2. The molecule has 0 amide bonds. The molecular formula is C31H28F5N7O4S. The van der Waals surface area contributed by atoms with Crippen LogP contribution in [0.1, 0.15) is 54.3 Å². The van der Waals surface area contributed by atoms with Gasteiger partial charge in [-0.2, -0.15) is 33.3 Å². The Hall–Kier alpha value is -4.64. The van der Waals surface area contributed by atoms with Gasteiger partial charge < -0.3 is 14.0 Å². The van der Waals surface area contributed by atoms with Crippen LogP contribution in [0.2, 0.25) is 0 Å². The van der Waals surface area contributed by atoms with Crippen LogP contribution in [0.4, 0.5) is 22.0 Å². The van der Waals surface area contributed by atoms with E-state index in [4.69, 9.17) is 9.47 Å². The van der Waals surface area contributed by atoms with Crippen LogP contribution in [-0.2, 0) is 34.4 Å². The predicted molar refractivity (Wildman–Crippen MR) is 164 cm³/mol. The minimum Gasteiger partial charge on any atom is -0.472 e. The normalized spacial score (nSPS) is 16.1. The average Bonchev–Trinajstić information content (AvgIpc) is 3.72. The Kier molecular flexibility index (Phi) is 7.65. The number of fused-ring (bicyclic) bond motifs is 4. The number of hydrogen-bond donors (Lipinski definition) is 0. The number of ether oxygens (including phenoxy) is 2. The zero-order chi connectivity index (χ0) is 34.1. The van der Waals surface area contributed by atoms with Gasteiger partial charge in [-0.05, 0) is 43.4 Å². The maximum Gasteiger partial charge on any atom is 0.418 e. The predicted octanol–water partition coefficient (Wildman–Crippen LogP) is 6.60. The molecule has 0 N–H and O–H groups in total. The number of aromatic nitrogens is 7. The molecule has 11 nitrogen and oxygen atoms in total. The summed E-state index contributed by atoms with van der Waals surface area (Å²) >= 11 is 0. The number of hydrogen-bond acceptors (Lipinski definition) is 8. The monoisotopic (exact) mass is 689 g/mol. The van der Waals surface area contributed by atoms with Gasteiger partial charge >= 0.3 is 6.18 Å². The van der Waals surface area contributed by atoms with Gasteiger partial charge in [0.05, 0.1) is 33.7 Å². The molecule has 4 aromatic heterocycles. The summed E-state index contributed by atoms with van der Waals surface area (Å²) in [5.41, 5.74) is -2.06. The summed E-state index contributed by atoms with van der Waals surface area (Å²) in [5.74, 6) is -0.343. The van der Waals surface area contributed by atoms with Gasteiger partial charge in [0.15, 0.2) is 11.9 Å². The van der Waals surface area contributed by atoms with E-state index >= 15 is 0 Å². The summed E-state index contributed by atoms with van der Waals surface area (Å²) in [5, 5.41) is 7.42. The van der Waals surface area contributed by atoms with Gasteiger partial charge in [0.25, 0.3) is 11.6 Å². The van der Waals surface area contributed by atoms with Crippen molar-refractivity contribution in [3.63, 3.8) is 0 Å². The Morgan fingerprint density at radius 2 is 1.85 bits per heavy atom. The number of nitrogens with zero attached hydrogens (tertiary/aromatic N) is 7. The number of aryl methyl sites for hydroxylation is 2. The molecule has 5 heterocycles. The molecule has 6 aromatic rings. The molecular weight excluding hydrogens is 661 g/mol. The SMILES string of the molecule is Cc1cc2c(cnn2C2CCCCO2)c(-n2nc(C(F)F)c3c4c(OCc5ccccc5)nc(S(C)(=O)=O)nc4n(C)c32)c1C(F)(F)F. The summed E-state index contributed by atoms with van der Waals surface area (Å²) in [6.45, 7) is 1.61. The third-order valence-corrected chi connectivity index (χ3v) is 9.21. The summed E-state index contributed by atoms with van der Waals surface area (Å²) in [7, 11) is -2.68. The summed E-state index contributed by atoms with van der Waals surface area (Å²) in [6.07, 6.45) is -4.35. The van der Waals surface area contributed by atoms with E-state index in [1.807, 2.05) is 0 Å². The third-order valence-electron chi connectivity index (χ3n) is 8.36. The smallest absolute Gasteiger partial charge is 0.418 e. The van der Waals surface area contributed by atoms with Crippen LogP contribution in [0, 0.1) is 6.92 Å². The molecule has 1 aliphatic heterocycles. The van der Waals surface area contributed by atoms with Crippen molar-refractivity contribution in [3.05, 3.63) is 65.0 Å². The Morgan fingerprint density at radius 3 is 2.50 bits per heavy atom. The maximum absolute atomic E-state index is 14.9. The zero-order valence-electron chi connectivity index (χ0n) is 25.8. The van der Waals surface area contributed by atoms with Crippen LogP contribution in [0.5, 0.6) is 5.88 Å². The fourth-order valence-corrected chi connectivity index (χ4v) is 6.77. The lowest BCUT2D eigenvalue weighted by molar-refractivity contribution is -0.137. The van der Waals surface area contributed by atoms with Gasteiger partial charge in [-0.25, -0.2) is 26.6 Å².